The molecule has 0 aromatic heterocycles. The van der Waals surface area contributed by atoms with Crippen molar-refractivity contribution in [3.8, 4) is 0 Å². The third-order valence-corrected chi connectivity index (χ3v) is 5.91. The van der Waals surface area contributed by atoms with E-state index in [2.05, 4.69) is 36.1 Å². The molecule has 2 aliphatic heterocycles. The summed E-state index contributed by atoms with van der Waals surface area (Å²) in [6.07, 6.45) is 7.06. The quantitative estimate of drug-likeness (QED) is 0.922. The molecule has 2 saturated heterocycles. The Morgan fingerprint density at radius 1 is 1.08 bits per heavy atom. The topological polar surface area (TPSA) is 49.6 Å². The zero-order chi connectivity index (χ0) is 16.9. The molecule has 0 spiro atoms. The molecule has 4 nitrogen and oxygen atoms in total. The number of carbonyl (C=O) groups is 1. The average molecular weight is 329 g/mol. The van der Waals surface area contributed by atoms with Crippen molar-refractivity contribution in [1.29, 1.82) is 0 Å². The van der Waals surface area contributed by atoms with Crippen LogP contribution < -0.4 is 5.73 Å². The van der Waals surface area contributed by atoms with E-state index in [4.69, 9.17) is 5.73 Å². The van der Waals surface area contributed by atoms with Crippen molar-refractivity contribution in [3.05, 3.63) is 35.4 Å². The van der Waals surface area contributed by atoms with Crippen LogP contribution in [0.2, 0.25) is 0 Å². The van der Waals surface area contributed by atoms with E-state index in [-0.39, 0.29) is 6.03 Å². The summed E-state index contributed by atoms with van der Waals surface area (Å²) in [7, 11) is 0. The van der Waals surface area contributed by atoms with Crippen molar-refractivity contribution in [2.75, 3.05) is 19.6 Å². The summed E-state index contributed by atoms with van der Waals surface area (Å²) in [5.74, 6) is 0.615. The van der Waals surface area contributed by atoms with E-state index in [1.807, 2.05) is 4.90 Å². The summed E-state index contributed by atoms with van der Waals surface area (Å²) >= 11 is 0. The van der Waals surface area contributed by atoms with Crippen LogP contribution in [0.5, 0.6) is 0 Å². The average Bonchev–Trinajstić information content (AvgIpc) is 2.84. The van der Waals surface area contributed by atoms with E-state index >= 15 is 0 Å². The molecule has 2 aliphatic rings. The first-order valence-electron chi connectivity index (χ1n) is 9.48. The summed E-state index contributed by atoms with van der Waals surface area (Å²) < 4.78 is 0. The maximum absolute atomic E-state index is 11.8. The van der Waals surface area contributed by atoms with Crippen LogP contribution in [0.4, 0.5) is 4.79 Å². The van der Waals surface area contributed by atoms with Gasteiger partial charge in [0, 0.05) is 19.1 Å². The van der Waals surface area contributed by atoms with Gasteiger partial charge in [-0.05, 0) is 62.7 Å². The Hall–Kier alpha value is -1.55. The molecule has 1 atom stereocenters. The first-order valence-corrected chi connectivity index (χ1v) is 9.48. The van der Waals surface area contributed by atoms with Gasteiger partial charge in [-0.1, -0.05) is 37.1 Å². The molecule has 2 fully saturated rings. The Labute approximate surface area is 146 Å². The number of aryl methyl sites for hydroxylation is 1. The number of piperidine rings is 1. The van der Waals surface area contributed by atoms with Crippen LogP contribution in [-0.2, 0) is 6.54 Å². The number of urea groups is 1. The van der Waals surface area contributed by atoms with Gasteiger partial charge >= 0.3 is 6.03 Å². The van der Waals surface area contributed by atoms with Crippen LogP contribution in [0.3, 0.4) is 0 Å². The molecule has 0 bridgehead atoms. The van der Waals surface area contributed by atoms with E-state index in [1.165, 1.54) is 36.8 Å². The molecule has 1 aromatic carbocycles. The van der Waals surface area contributed by atoms with E-state index in [0.29, 0.717) is 12.0 Å². The van der Waals surface area contributed by atoms with Crippen molar-refractivity contribution >= 4 is 6.03 Å². The second-order valence-corrected chi connectivity index (χ2v) is 7.49. The lowest BCUT2D eigenvalue weighted by molar-refractivity contribution is 0.101. The highest BCUT2D eigenvalue weighted by atomic mass is 16.2. The van der Waals surface area contributed by atoms with Gasteiger partial charge < -0.3 is 10.6 Å². The van der Waals surface area contributed by atoms with Gasteiger partial charge in [0.1, 0.15) is 0 Å². The molecule has 0 radical (unpaired) electrons. The van der Waals surface area contributed by atoms with E-state index in [0.717, 1.165) is 39.0 Å². The van der Waals surface area contributed by atoms with Gasteiger partial charge in [-0.15, -0.1) is 0 Å². The first kappa shape index (κ1) is 17.3. The number of carbonyl (C=O) groups excluding carboxylic acids is 1. The van der Waals surface area contributed by atoms with Crippen molar-refractivity contribution in [2.45, 2.75) is 58.0 Å². The highest BCUT2D eigenvalue weighted by molar-refractivity contribution is 5.72. The molecule has 1 aromatic rings. The summed E-state index contributed by atoms with van der Waals surface area (Å²) in [5.41, 5.74) is 8.47. The number of nitrogens with zero attached hydrogens (tertiary/aromatic N) is 2. The fourth-order valence-electron chi connectivity index (χ4n) is 4.42. The Kier molecular flexibility index (Phi) is 5.77. The van der Waals surface area contributed by atoms with Gasteiger partial charge in [0.15, 0.2) is 0 Å². The molecule has 2 N–H and O–H groups in total. The van der Waals surface area contributed by atoms with Crippen LogP contribution in [0.1, 0.15) is 49.7 Å². The maximum Gasteiger partial charge on any atom is 0.315 e. The number of primary amides is 1. The highest BCUT2D eigenvalue weighted by Gasteiger charge is 2.33. The molecule has 1 unspecified atom stereocenters. The Morgan fingerprint density at radius 2 is 1.83 bits per heavy atom. The lowest BCUT2D eigenvalue weighted by Crippen LogP contribution is -2.49. The molecule has 0 aliphatic carbocycles. The minimum atomic E-state index is -0.218. The molecule has 0 saturated carbocycles. The standard InChI is InChI=1S/C20H31N3O/c1-16-7-4-5-8-18(16)15-22-13-10-17(11-14-22)19-9-3-2-6-12-23(19)20(21)24/h4-5,7-8,17,19H,2-3,6,9-15H2,1H3,(H2,21,24). The second-order valence-electron chi connectivity index (χ2n) is 7.49. The molecule has 2 heterocycles. The van der Waals surface area contributed by atoms with E-state index in [1.54, 1.807) is 0 Å². The van der Waals surface area contributed by atoms with Crippen LogP contribution in [0.15, 0.2) is 24.3 Å². The molecule has 24 heavy (non-hydrogen) atoms. The van der Waals surface area contributed by atoms with Crippen molar-refractivity contribution in [3.63, 3.8) is 0 Å². The Bertz CT molecular complexity index is 552. The van der Waals surface area contributed by atoms with Crippen molar-refractivity contribution in [2.24, 2.45) is 11.7 Å². The zero-order valence-electron chi connectivity index (χ0n) is 14.9. The van der Waals surface area contributed by atoms with E-state index < -0.39 is 0 Å². The third kappa shape index (κ3) is 4.10. The SMILES string of the molecule is Cc1ccccc1CN1CCC(C2CCCCCN2C(N)=O)CC1. The largest absolute Gasteiger partial charge is 0.351 e. The molecule has 132 valence electrons. The Morgan fingerprint density at radius 3 is 2.54 bits per heavy atom. The summed E-state index contributed by atoms with van der Waals surface area (Å²) in [5, 5.41) is 0. The van der Waals surface area contributed by atoms with Gasteiger partial charge in [-0.25, -0.2) is 4.79 Å². The number of rotatable bonds is 3. The molecule has 2 amide bonds. The fraction of sp³-hybridized carbons (Fsp3) is 0.650. The van der Waals surface area contributed by atoms with Crippen LogP contribution in [0.25, 0.3) is 0 Å². The van der Waals surface area contributed by atoms with Crippen LogP contribution in [-0.4, -0.2) is 41.5 Å². The predicted octanol–water partition coefficient (Wildman–Crippen LogP) is 3.53. The normalized spacial score (nSPS) is 23.9. The van der Waals surface area contributed by atoms with Gasteiger partial charge in [0.25, 0.3) is 0 Å². The van der Waals surface area contributed by atoms with Gasteiger partial charge in [-0.3, -0.25) is 4.90 Å². The maximum atomic E-state index is 11.8. The lowest BCUT2D eigenvalue weighted by atomic mass is 9.86. The number of benzene rings is 1. The molecule has 4 heteroatoms. The smallest absolute Gasteiger partial charge is 0.315 e. The first-order chi connectivity index (χ1) is 11.6. The number of hydrogen-bond acceptors (Lipinski definition) is 2. The lowest BCUT2D eigenvalue weighted by Gasteiger charge is -2.40. The minimum Gasteiger partial charge on any atom is -0.351 e. The van der Waals surface area contributed by atoms with Gasteiger partial charge in [0.2, 0.25) is 0 Å². The number of amides is 2. The van der Waals surface area contributed by atoms with Gasteiger partial charge in [0.05, 0.1) is 0 Å². The molecular weight excluding hydrogens is 298 g/mol. The van der Waals surface area contributed by atoms with Crippen molar-refractivity contribution in [1.82, 2.24) is 9.80 Å². The van der Waals surface area contributed by atoms with Crippen LogP contribution >= 0.6 is 0 Å². The summed E-state index contributed by atoms with van der Waals surface area (Å²) in [6.45, 7) is 6.34. The highest BCUT2D eigenvalue weighted by Crippen LogP contribution is 2.30. The fourth-order valence-corrected chi connectivity index (χ4v) is 4.42. The van der Waals surface area contributed by atoms with Crippen LogP contribution in [0, 0.1) is 12.8 Å². The third-order valence-electron chi connectivity index (χ3n) is 5.91. The number of nitrogens with two attached hydrogens (primary N) is 1. The monoisotopic (exact) mass is 329 g/mol. The molecule has 3 rings (SSSR count). The second kappa shape index (κ2) is 8.02. The minimum absolute atomic E-state index is 0.218. The van der Waals surface area contributed by atoms with E-state index in [9.17, 15) is 4.79 Å². The van der Waals surface area contributed by atoms with Crippen molar-refractivity contribution < 1.29 is 4.79 Å². The number of likely N-dealkylation sites (tertiary alicyclic amines) is 2. The predicted molar refractivity (Wildman–Crippen MR) is 97.7 cm³/mol. The number of hydrogen-bond donors (Lipinski definition) is 1. The summed E-state index contributed by atoms with van der Waals surface area (Å²) in [6, 6.07) is 8.82. The zero-order valence-corrected chi connectivity index (χ0v) is 14.9. The summed E-state index contributed by atoms with van der Waals surface area (Å²) in [4.78, 5) is 16.4. The molecular formula is C20H31N3O. The Balaban J connectivity index is 1.57. The van der Waals surface area contributed by atoms with Gasteiger partial charge in [-0.2, -0.15) is 0 Å².